The quantitative estimate of drug-likeness (QED) is 0.442. The van der Waals surface area contributed by atoms with Crippen molar-refractivity contribution in [3.63, 3.8) is 0 Å². The zero-order valence-corrected chi connectivity index (χ0v) is 11.1. The topological polar surface area (TPSA) is 26.3 Å². The number of unbranched alkanes of at least 4 members (excludes halogenated alkanes) is 3. The third-order valence-corrected chi connectivity index (χ3v) is 2.81. The lowest BCUT2D eigenvalue weighted by atomic mass is 10.1. The molecule has 0 saturated heterocycles. The molecule has 0 aliphatic heterocycles. The van der Waals surface area contributed by atoms with Gasteiger partial charge in [-0.15, -0.1) is 0 Å². The molecular weight excluding hydrogens is 268 g/mol. The third-order valence-electron chi connectivity index (χ3n) is 2.28. The number of hydrogen-bond acceptors (Lipinski definition) is 2. The second kappa shape index (κ2) is 7.44. The summed E-state index contributed by atoms with van der Waals surface area (Å²) in [5.74, 6) is 0.474. The summed E-state index contributed by atoms with van der Waals surface area (Å²) in [6.45, 7) is 2.15. The van der Waals surface area contributed by atoms with Crippen molar-refractivity contribution in [1.82, 2.24) is 0 Å². The first-order valence-electron chi connectivity index (χ1n) is 5.68. The molecule has 0 aromatic heterocycles. The zero-order chi connectivity index (χ0) is 11.8. The zero-order valence-electron chi connectivity index (χ0n) is 9.54. The number of ether oxygens (including phenoxy) is 1. The highest BCUT2D eigenvalue weighted by Crippen LogP contribution is 2.16. The molecule has 0 spiro atoms. The van der Waals surface area contributed by atoms with Crippen molar-refractivity contribution in [2.24, 2.45) is 0 Å². The van der Waals surface area contributed by atoms with Gasteiger partial charge in [-0.3, -0.25) is 4.79 Å². The number of carbonyl (C=O) groups excluding carboxylic acids is 1. The van der Waals surface area contributed by atoms with Crippen LogP contribution in [-0.4, -0.2) is 5.97 Å². The van der Waals surface area contributed by atoms with E-state index >= 15 is 0 Å². The number of hydrogen-bond donors (Lipinski definition) is 0. The molecule has 1 rings (SSSR count). The van der Waals surface area contributed by atoms with Crippen LogP contribution in [0.3, 0.4) is 0 Å². The first kappa shape index (κ1) is 13.2. The standard InChI is InChI=1S/C13H17BrO2/c1-2-3-4-5-6-13(15)16-12-9-7-11(14)8-10-12/h7-10H,2-6H2,1H3. The van der Waals surface area contributed by atoms with Gasteiger partial charge in [-0.05, 0) is 30.7 Å². The summed E-state index contributed by atoms with van der Waals surface area (Å²) in [6.07, 6.45) is 4.90. The van der Waals surface area contributed by atoms with Crippen LogP contribution in [0.25, 0.3) is 0 Å². The Labute approximate surface area is 105 Å². The molecule has 1 aromatic rings. The number of halogens is 1. The Hall–Kier alpha value is -0.830. The lowest BCUT2D eigenvalue weighted by Crippen LogP contribution is -2.07. The second-order valence-corrected chi connectivity index (χ2v) is 4.65. The van der Waals surface area contributed by atoms with Gasteiger partial charge in [0.05, 0.1) is 0 Å². The van der Waals surface area contributed by atoms with E-state index in [2.05, 4.69) is 22.9 Å². The van der Waals surface area contributed by atoms with Crippen LogP contribution in [0.5, 0.6) is 5.75 Å². The summed E-state index contributed by atoms with van der Waals surface area (Å²) in [7, 11) is 0. The van der Waals surface area contributed by atoms with Gasteiger partial charge in [0.2, 0.25) is 0 Å². The Balaban J connectivity index is 2.26. The normalized spacial score (nSPS) is 10.1. The summed E-state index contributed by atoms with van der Waals surface area (Å²) in [4.78, 5) is 11.4. The smallest absolute Gasteiger partial charge is 0.311 e. The molecule has 0 bridgehead atoms. The van der Waals surface area contributed by atoms with Gasteiger partial charge in [-0.25, -0.2) is 0 Å². The molecule has 0 aliphatic carbocycles. The Bertz CT molecular complexity index is 319. The molecule has 0 heterocycles. The number of benzene rings is 1. The minimum absolute atomic E-state index is 0.140. The first-order valence-corrected chi connectivity index (χ1v) is 6.48. The van der Waals surface area contributed by atoms with Crippen molar-refractivity contribution in [2.75, 3.05) is 0 Å². The van der Waals surface area contributed by atoms with Crippen molar-refractivity contribution in [2.45, 2.75) is 39.0 Å². The van der Waals surface area contributed by atoms with Crippen LogP contribution in [0, 0.1) is 0 Å². The molecule has 0 atom stereocenters. The fraction of sp³-hybridized carbons (Fsp3) is 0.462. The minimum Gasteiger partial charge on any atom is -0.427 e. The predicted octanol–water partition coefficient (Wildman–Crippen LogP) is 4.32. The Kier molecular flexibility index (Phi) is 6.16. The second-order valence-electron chi connectivity index (χ2n) is 3.74. The van der Waals surface area contributed by atoms with Crippen molar-refractivity contribution >= 4 is 21.9 Å². The van der Waals surface area contributed by atoms with Crippen molar-refractivity contribution in [3.05, 3.63) is 28.7 Å². The van der Waals surface area contributed by atoms with E-state index in [0.717, 1.165) is 17.3 Å². The van der Waals surface area contributed by atoms with Crippen LogP contribution in [0.15, 0.2) is 28.7 Å². The lowest BCUT2D eigenvalue weighted by molar-refractivity contribution is -0.134. The minimum atomic E-state index is -0.140. The van der Waals surface area contributed by atoms with Gasteiger partial charge in [0.25, 0.3) is 0 Å². The molecule has 16 heavy (non-hydrogen) atoms. The number of rotatable bonds is 6. The van der Waals surface area contributed by atoms with Gasteiger partial charge in [0.1, 0.15) is 5.75 Å². The molecule has 0 fully saturated rings. The maximum Gasteiger partial charge on any atom is 0.311 e. The van der Waals surface area contributed by atoms with Gasteiger partial charge >= 0.3 is 5.97 Å². The molecule has 0 radical (unpaired) electrons. The van der Waals surface area contributed by atoms with Gasteiger partial charge in [0, 0.05) is 10.9 Å². The maximum atomic E-state index is 11.4. The highest BCUT2D eigenvalue weighted by atomic mass is 79.9. The van der Waals surface area contributed by atoms with Crippen molar-refractivity contribution < 1.29 is 9.53 Å². The monoisotopic (exact) mass is 284 g/mol. The summed E-state index contributed by atoms with van der Waals surface area (Å²) in [5, 5.41) is 0. The summed E-state index contributed by atoms with van der Waals surface area (Å²) >= 11 is 3.33. The van der Waals surface area contributed by atoms with Gasteiger partial charge in [-0.1, -0.05) is 42.1 Å². The molecule has 1 aromatic carbocycles. The Morgan fingerprint density at radius 3 is 2.50 bits per heavy atom. The summed E-state index contributed by atoms with van der Waals surface area (Å²) in [6, 6.07) is 7.29. The Morgan fingerprint density at radius 1 is 1.19 bits per heavy atom. The van der Waals surface area contributed by atoms with Crippen molar-refractivity contribution in [1.29, 1.82) is 0 Å². The SMILES string of the molecule is CCCCCCC(=O)Oc1ccc(Br)cc1. The molecule has 0 aliphatic rings. The average molecular weight is 285 g/mol. The molecule has 0 unspecified atom stereocenters. The maximum absolute atomic E-state index is 11.4. The van der Waals surface area contributed by atoms with E-state index in [1.165, 1.54) is 12.8 Å². The molecular formula is C13H17BrO2. The van der Waals surface area contributed by atoms with E-state index in [1.54, 1.807) is 12.1 Å². The third kappa shape index (κ3) is 5.31. The van der Waals surface area contributed by atoms with E-state index in [0.29, 0.717) is 12.2 Å². The predicted molar refractivity (Wildman–Crippen MR) is 68.5 cm³/mol. The highest BCUT2D eigenvalue weighted by Gasteiger charge is 2.03. The summed E-state index contributed by atoms with van der Waals surface area (Å²) < 4.78 is 6.17. The van der Waals surface area contributed by atoms with E-state index in [4.69, 9.17) is 4.74 Å². The van der Waals surface area contributed by atoms with Crippen LogP contribution < -0.4 is 4.74 Å². The van der Waals surface area contributed by atoms with Crippen LogP contribution in [0.2, 0.25) is 0 Å². The Morgan fingerprint density at radius 2 is 1.88 bits per heavy atom. The average Bonchev–Trinajstić information content (AvgIpc) is 2.28. The van der Waals surface area contributed by atoms with Crippen LogP contribution in [0.4, 0.5) is 0 Å². The van der Waals surface area contributed by atoms with Gasteiger partial charge < -0.3 is 4.74 Å². The molecule has 0 N–H and O–H groups in total. The summed E-state index contributed by atoms with van der Waals surface area (Å²) in [5.41, 5.74) is 0. The lowest BCUT2D eigenvalue weighted by Gasteiger charge is -2.03. The van der Waals surface area contributed by atoms with E-state index < -0.39 is 0 Å². The molecule has 2 nitrogen and oxygen atoms in total. The number of carbonyl (C=O) groups is 1. The first-order chi connectivity index (χ1) is 7.72. The molecule has 88 valence electrons. The van der Waals surface area contributed by atoms with Gasteiger partial charge in [0.15, 0.2) is 0 Å². The molecule has 3 heteroatoms. The van der Waals surface area contributed by atoms with Crippen LogP contribution >= 0.6 is 15.9 Å². The fourth-order valence-electron chi connectivity index (χ4n) is 1.38. The van der Waals surface area contributed by atoms with Gasteiger partial charge in [-0.2, -0.15) is 0 Å². The van der Waals surface area contributed by atoms with Crippen LogP contribution in [0.1, 0.15) is 39.0 Å². The molecule has 0 amide bonds. The largest absolute Gasteiger partial charge is 0.427 e. The fourth-order valence-corrected chi connectivity index (χ4v) is 1.65. The number of esters is 1. The van der Waals surface area contributed by atoms with Crippen LogP contribution in [-0.2, 0) is 4.79 Å². The highest BCUT2D eigenvalue weighted by molar-refractivity contribution is 9.10. The van der Waals surface area contributed by atoms with E-state index in [1.807, 2.05) is 12.1 Å². The van der Waals surface area contributed by atoms with E-state index in [9.17, 15) is 4.79 Å². The molecule has 0 saturated carbocycles. The van der Waals surface area contributed by atoms with E-state index in [-0.39, 0.29) is 5.97 Å². The van der Waals surface area contributed by atoms with Crippen molar-refractivity contribution in [3.8, 4) is 5.75 Å².